The minimum Gasteiger partial charge on any atom is -0.380 e. The molecule has 0 unspecified atom stereocenters. The summed E-state index contributed by atoms with van der Waals surface area (Å²) in [5.41, 5.74) is 4.36. The van der Waals surface area contributed by atoms with E-state index >= 15 is 0 Å². The maximum Gasteiger partial charge on any atom is 0.270 e. The van der Waals surface area contributed by atoms with E-state index in [-0.39, 0.29) is 5.91 Å². The van der Waals surface area contributed by atoms with Crippen molar-refractivity contribution in [2.24, 2.45) is 7.05 Å². The molecule has 0 saturated carbocycles. The Hall–Kier alpha value is -2.63. The van der Waals surface area contributed by atoms with E-state index in [0.717, 1.165) is 49.3 Å². The zero-order chi connectivity index (χ0) is 19.5. The topological polar surface area (TPSA) is 37.7 Å². The first-order valence-electron chi connectivity index (χ1n) is 9.78. The van der Waals surface area contributed by atoms with E-state index in [1.807, 2.05) is 34.7 Å². The SMILES string of the molecule is COCc1ccc(CN2CCN(C(=O)c3cc4ccccc4n3C)CC2)cc1. The van der Waals surface area contributed by atoms with Crippen molar-refractivity contribution in [3.63, 3.8) is 0 Å². The Balaban J connectivity index is 1.36. The quantitative estimate of drug-likeness (QED) is 0.685. The van der Waals surface area contributed by atoms with Crippen molar-refractivity contribution in [3.05, 3.63) is 71.4 Å². The van der Waals surface area contributed by atoms with E-state index in [2.05, 4.69) is 41.3 Å². The summed E-state index contributed by atoms with van der Waals surface area (Å²) in [6, 6.07) is 18.7. The third kappa shape index (κ3) is 3.81. The second kappa shape index (κ2) is 8.17. The van der Waals surface area contributed by atoms with Crippen molar-refractivity contribution in [2.45, 2.75) is 13.2 Å². The predicted octanol–water partition coefficient (Wildman–Crippen LogP) is 3.28. The number of aromatic nitrogens is 1. The molecule has 5 nitrogen and oxygen atoms in total. The molecule has 1 fully saturated rings. The van der Waals surface area contributed by atoms with Crippen molar-refractivity contribution in [1.29, 1.82) is 0 Å². The van der Waals surface area contributed by atoms with Crippen molar-refractivity contribution in [2.75, 3.05) is 33.3 Å². The molecule has 2 aromatic carbocycles. The summed E-state index contributed by atoms with van der Waals surface area (Å²) in [5, 5.41) is 1.11. The van der Waals surface area contributed by atoms with Crippen LogP contribution < -0.4 is 0 Å². The molecule has 0 spiro atoms. The van der Waals surface area contributed by atoms with Crippen molar-refractivity contribution in [3.8, 4) is 0 Å². The van der Waals surface area contributed by atoms with Crippen molar-refractivity contribution < 1.29 is 9.53 Å². The Bertz CT molecular complexity index is 954. The van der Waals surface area contributed by atoms with Gasteiger partial charge < -0.3 is 14.2 Å². The number of rotatable bonds is 5. The third-order valence-corrected chi connectivity index (χ3v) is 5.57. The van der Waals surface area contributed by atoms with Gasteiger partial charge in [-0.25, -0.2) is 0 Å². The van der Waals surface area contributed by atoms with Gasteiger partial charge in [0, 0.05) is 57.8 Å². The highest BCUT2D eigenvalue weighted by atomic mass is 16.5. The smallest absolute Gasteiger partial charge is 0.270 e. The molecule has 1 aliphatic heterocycles. The van der Waals surface area contributed by atoms with Crippen LogP contribution >= 0.6 is 0 Å². The zero-order valence-electron chi connectivity index (χ0n) is 16.6. The van der Waals surface area contributed by atoms with Crippen LogP contribution in [0.3, 0.4) is 0 Å². The van der Waals surface area contributed by atoms with Crippen LogP contribution in [0.15, 0.2) is 54.6 Å². The average Bonchev–Trinajstić information content (AvgIpc) is 3.07. The summed E-state index contributed by atoms with van der Waals surface area (Å²) >= 11 is 0. The predicted molar refractivity (Wildman–Crippen MR) is 111 cm³/mol. The Labute approximate surface area is 166 Å². The lowest BCUT2D eigenvalue weighted by Gasteiger charge is -2.34. The minimum absolute atomic E-state index is 0.127. The first-order chi connectivity index (χ1) is 13.7. The van der Waals surface area contributed by atoms with Crippen LogP contribution in [0.2, 0.25) is 0 Å². The highest BCUT2D eigenvalue weighted by molar-refractivity contribution is 5.98. The summed E-state index contributed by atoms with van der Waals surface area (Å²) < 4.78 is 7.17. The molecule has 0 radical (unpaired) electrons. The molecule has 146 valence electrons. The number of benzene rings is 2. The number of methoxy groups -OCH3 is 1. The Morgan fingerprint density at radius 1 is 0.964 bits per heavy atom. The van der Waals surface area contributed by atoms with Crippen LogP contribution in [0.25, 0.3) is 10.9 Å². The van der Waals surface area contributed by atoms with Crippen LogP contribution in [0, 0.1) is 0 Å². The molecule has 4 rings (SSSR count). The molecule has 3 aromatic rings. The van der Waals surface area contributed by atoms with E-state index in [1.165, 1.54) is 11.1 Å². The van der Waals surface area contributed by atoms with Crippen molar-refractivity contribution >= 4 is 16.8 Å². The summed E-state index contributed by atoms with van der Waals surface area (Å²) in [6.45, 7) is 4.90. The molecule has 0 atom stereocenters. The number of carbonyl (C=O) groups is 1. The van der Waals surface area contributed by atoms with Gasteiger partial charge in [0.05, 0.1) is 6.61 Å². The van der Waals surface area contributed by atoms with Gasteiger partial charge in [0.15, 0.2) is 0 Å². The van der Waals surface area contributed by atoms with Gasteiger partial charge in [-0.2, -0.15) is 0 Å². The number of hydrogen-bond acceptors (Lipinski definition) is 3. The van der Waals surface area contributed by atoms with Gasteiger partial charge in [0.2, 0.25) is 0 Å². The Morgan fingerprint density at radius 3 is 2.32 bits per heavy atom. The van der Waals surface area contributed by atoms with Crippen LogP contribution in [0.1, 0.15) is 21.6 Å². The standard InChI is InChI=1S/C23H27N3O2/c1-24-21-6-4-3-5-20(21)15-22(24)23(27)26-13-11-25(12-14-26)16-18-7-9-19(10-8-18)17-28-2/h3-10,15H,11-14,16-17H2,1-2H3. The van der Waals surface area contributed by atoms with Gasteiger partial charge in [0.1, 0.15) is 5.69 Å². The number of amides is 1. The number of ether oxygens (including phenoxy) is 1. The van der Waals surface area contributed by atoms with Crippen LogP contribution in [0.4, 0.5) is 0 Å². The minimum atomic E-state index is 0.127. The number of hydrogen-bond donors (Lipinski definition) is 0. The zero-order valence-corrected chi connectivity index (χ0v) is 16.6. The molecule has 1 amide bonds. The van der Waals surface area contributed by atoms with Crippen LogP contribution in [-0.4, -0.2) is 53.6 Å². The Kier molecular flexibility index (Phi) is 5.46. The number of para-hydroxylation sites is 1. The second-order valence-electron chi connectivity index (χ2n) is 7.47. The van der Waals surface area contributed by atoms with Gasteiger partial charge in [0.25, 0.3) is 5.91 Å². The molecule has 5 heteroatoms. The number of nitrogens with zero attached hydrogens (tertiary/aromatic N) is 3. The number of carbonyl (C=O) groups excluding carboxylic acids is 1. The van der Waals surface area contributed by atoms with Gasteiger partial charge in [-0.05, 0) is 23.3 Å². The third-order valence-electron chi connectivity index (χ3n) is 5.57. The lowest BCUT2D eigenvalue weighted by atomic mass is 10.1. The van der Waals surface area contributed by atoms with Crippen LogP contribution in [0.5, 0.6) is 0 Å². The number of piperazine rings is 1. The molecule has 1 aromatic heterocycles. The summed E-state index contributed by atoms with van der Waals surface area (Å²) in [4.78, 5) is 17.4. The molecule has 0 aliphatic carbocycles. The van der Waals surface area contributed by atoms with E-state index in [4.69, 9.17) is 4.74 Å². The average molecular weight is 377 g/mol. The molecule has 0 bridgehead atoms. The normalized spacial score (nSPS) is 15.3. The van der Waals surface area contributed by atoms with Gasteiger partial charge in [-0.3, -0.25) is 9.69 Å². The first kappa shape index (κ1) is 18.7. The summed E-state index contributed by atoms with van der Waals surface area (Å²) in [5.74, 6) is 0.127. The van der Waals surface area contributed by atoms with E-state index in [1.54, 1.807) is 7.11 Å². The fourth-order valence-electron chi connectivity index (χ4n) is 3.93. The fourth-order valence-corrected chi connectivity index (χ4v) is 3.93. The molecule has 0 N–H and O–H groups in total. The lowest BCUT2D eigenvalue weighted by molar-refractivity contribution is 0.0619. The van der Waals surface area contributed by atoms with E-state index in [9.17, 15) is 4.79 Å². The maximum atomic E-state index is 13.0. The largest absolute Gasteiger partial charge is 0.380 e. The molecular formula is C23H27N3O2. The molecule has 28 heavy (non-hydrogen) atoms. The summed E-state index contributed by atoms with van der Waals surface area (Å²) in [6.07, 6.45) is 0. The molecule has 2 heterocycles. The van der Waals surface area contributed by atoms with Crippen LogP contribution in [-0.2, 0) is 24.9 Å². The Morgan fingerprint density at radius 2 is 1.64 bits per heavy atom. The monoisotopic (exact) mass is 377 g/mol. The maximum absolute atomic E-state index is 13.0. The first-order valence-corrected chi connectivity index (χ1v) is 9.78. The summed E-state index contributed by atoms with van der Waals surface area (Å²) in [7, 11) is 3.69. The number of fused-ring (bicyclic) bond motifs is 1. The second-order valence-corrected chi connectivity index (χ2v) is 7.47. The highest BCUT2D eigenvalue weighted by Crippen LogP contribution is 2.20. The fraction of sp³-hybridized carbons (Fsp3) is 0.348. The molecular weight excluding hydrogens is 350 g/mol. The molecule has 1 saturated heterocycles. The van der Waals surface area contributed by atoms with Gasteiger partial charge in [-0.1, -0.05) is 42.5 Å². The number of aryl methyl sites for hydroxylation is 1. The van der Waals surface area contributed by atoms with Crippen molar-refractivity contribution in [1.82, 2.24) is 14.4 Å². The molecule has 1 aliphatic rings. The van der Waals surface area contributed by atoms with Gasteiger partial charge >= 0.3 is 0 Å². The van der Waals surface area contributed by atoms with Gasteiger partial charge in [-0.15, -0.1) is 0 Å². The van der Waals surface area contributed by atoms with E-state index in [0.29, 0.717) is 6.61 Å². The lowest BCUT2D eigenvalue weighted by Crippen LogP contribution is -2.48. The van der Waals surface area contributed by atoms with E-state index < -0.39 is 0 Å². The highest BCUT2D eigenvalue weighted by Gasteiger charge is 2.24.